The minimum absolute atomic E-state index is 0.109. The molecule has 1 saturated carbocycles. The van der Waals surface area contributed by atoms with Gasteiger partial charge in [-0.25, -0.2) is 0 Å². The van der Waals surface area contributed by atoms with E-state index in [0.29, 0.717) is 5.78 Å². The highest BCUT2D eigenvalue weighted by atomic mass is 16.1. The van der Waals surface area contributed by atoms with Gasteiger partial charge in [-0.05, 0) is 69.3 Å². The molecule has 0 aromatic heterocycles. The van der Waals surface area contributed by atoms with Gasteiger partial charge in [-0.15, -0.1) is 0 Å². The summed E-state index contributed by atoms with van der Waals surface area (Å²) in [5.74, 6) is 1.18. The lowest BCUT2D eigenvalue weighted by Crippen LogP contribution is -2.43. The number of carbonyl (C=O) groups is 1. The minimum Gasteiger partial charge on any atom is -0.317 e. The number of aryl methyl sites for hydroxylation is 2. The Hall–Kier alpha value is -1.15. The maximum absolute atomic E-state index is 13.3. The van der Waals surface area contributed by atoms with Crippen molar-refractivity contribution in [3.63, 3.8) is 0 Å². The summed E-state index contributed by atoms with van der Waals surface area (Å²) in [4.78, 5) is 13.3. The summed E-state index contributed by atoms with van der Waals surface area (Å²) >= 11 is 0. The van der Waals surface area contributed by atoms with E-state index in [-0.39, 0.29) is 5.41 Å². The van der Waals surface area contributed by atoms with Crippen molar-refractivity contribution in [2.45, 2.75) is 58.8 Å². The zero-order valence-corrected chi connectivity index (χ0v) is 14.1. The van der Waals surface area contributed by atoms with E-state index in [1.54, 1.807) is 0 Å². The number of Topliss-reactive ketones (excluding diaryl/α,β-unsaturated/α-hetero) is 1. The molecule has 1 heterocycles. The quantitative estimate of drug-likeness (QED) is 0.833. The lowest BCUT2D eigenvalue weighted by atomic mass is 9.67. The van der Waals surface area contributed by atoms with Crippen LogP contribution < -0.4 is 5.32 Å². The van der Waals surface area contributed by atoms with Crippen LogP contribution in [0, 0.1) is 25.2 Å². The molecular formula is C20H29NO. The molecule has 2 nitrogen and oxygen atoms in total. The van der Waals surface area contributed by atoms with Gasteiger partial charge in [0.2, 0.25) is 0 Å². The van der Waals surface area contributed by atoms with Crippen molar-refractivity contribution in [3.05, 3.63) is 34.9 Å². The van der Waals surface area contributed by atoms with Crippen molar-refractivity contribution in [1.82, 2.24) is 5.32 Å². The third-order valence-electron chi connectivity index (χ3n) is 5.97. The fourth-order valence-corrected chi connectivity index (χ4v) is 4.39. The maximum Gasteiger partial charge on any atom is 0.169 e. The molecule has 0 amide bonds. The first-order valence-corrected chi connectivity index (χ1v) is 8.93. The second-order valence-electron chi connectivity index (χ2n) is 7.51. The minimum atomic E-state index is -0.109. The number of nitrogens with one attached hydrogen (secondary N) is 1. The van der Waals surface area contributed by atoms with Crippen LogP contribution in [0.3, 0.4) is 0 Å². The van der Waals surface area contributed by atoms with Gasteiger partial charge in [0.1, 0.15) is 0 Å². The second-order valence-corrected chi connectivity index (χ2v) is 7.51. The fraction of sp³-hybridized carbons (Fsp3) is 0.650. The number of rotatable bonds is 4. The predicted molar refractivity (Wildman–Crippen MR) is 91.4 cm³/mol. The van der Waals surface area contributed by atoms with Crippen LogP contribution in [0.1, 0.15) is 66.4 Å². The van der Waals surface area contributed by atoms with E-state index in [2.05, 4.69) is 31.3 Å². The predicted octanol–water partition coefficient (Wildman–Crippen LogP) is 4.44. The van der Waals surface area contributed by atoms with Gasteiger partial charge in [0.25, 0.3) is 0 Å². The van der Waals surface area contributed by atoms with Gasteiger partial charge in [0.05, 0.1) is 0 Å². The van der Waals surface area contributed by atoms with E-state index in [1.807, 2.05) is 6.07 Å². The fourth-order valence-electron chi connectivity index (χ4n) is 4.39. The van der Waals surface area contributed by atoms with Crippen LogP contribution >= 0.6 is 0 Å². The summed E-state index contributed by atoms with van der Waals surface area (Å²) < 4.78 is 0. The van der Waals surface area contributed by atoms with Crippen molar-refractivity contribution in [3.8, 4) is 0 Å². The summed E-state index contributed by atoms with van der Waals surface area (Å²) in [6.07, 6.45) is 8.50. The molecule has 2 heteroatoms. The Morgan fingerprint density at radius 1 is 1.14 bits per heavy atom. The van der Waals surface area contributed by atoms with Crippen molar-refractivity contribution < 1.29 is 4.79 Å². The summed E-state index contributed by atoms with van der Waals surface area (Å²) in [7, 11) is 0. The molecular weight excluding hydrogens is 270 g/mol. The highest BCUT2D eigenvalue weighted by Crippen LogP contribution is 2.43. The highest BCUT2D eigenvalue weighted by molar-refractivity contribution is 6.00. The Labute approximate surface area is 134 Å². The van der Waals surface area contributed by atoms with Crippen molar-refractivity contribution in [2.75, 3.05) is 13.1 Å². The lowest BCUT2D eigenvalue weighted by Gasteiger charge is -2.38. The van der Waals surface area contributed by atoms with Crippen LogP contribution in [-0.2, 0) is 0 Å². The number of piperidine rings is 1. The van der Waals surface area contributed by atoms with Crippen LogP contribution in [0.2, 0.25) is 0 Å². The third-order valence-corrected chi connectivity index (χ3v) is 5.97. The Morgan fingerprint density at radius 2 is 1.82 bits per heavy atom. The number of carbonyl (C=O) groups excluding carboxylic acids is 1. The van der Waals surface area contributed by atoms with Crippen molar-refractivity contribution >= 4 is 5.78 Å². The summed E-state index contributed by atoms with van der Waals surface area (Å²) in [5, 5.41) is 3.44. The Balaban J connectivity index is 1.86. The maximum atomic E-state index is 13.3. The molecule has 2 fully saturated rings. The van der Waals surface area contributed by atoms with Gasteiger partial charge in [0, 0.05) is 11.0 Å². The van der Waals surface area contributed by atoms with Gasteiger partial charge < -0.3 is 5.32 Å². The molecule has 0 bridgehead atoms. The van der Waals surface area contributed by atoms with E-state index in [1.165, 1.54) is 36.8 Å². The SMILES string of the molecule is Cc1ccc(C(=O)C2(CC3CCCC3)CCNCC2)cc1C. The van der Waals surface area contributed by atoms with Gasteiger partial charge in [-0.1, -0.05) is 37.8 Å². The lowest BCUT2D eigenvalue weighted by molar-refractivity contribution is 0.0663. The van der Waals surface area contributed by atoms with Crippen molar-refractivity contribution in [1.29, 1.82) is 0 Å². The molecule has 0 atom stereocenters. The summed E-state index contributed by atoms with van der Waals surface area (Å²) in [5.41, 5.74) is 3.33. The van der Waals surface area contributed by atoms with Crippen LogP contribution in [-0.4, -0.2) is 18.9 Å². The molecule has 2 aliphatic rings. The van der Waals surface area contributed by atoms with Crippen LogP contribution in [0.5, 0.6) is 0 Å². The molecule has 3 rings (SSSR count). The van der Waals surface area contributed by atoms with Crippen LogP contribution in [0.25, 0.3) is 0 Å². The molecule has 1 aliphatic carbocycles. The molecule has 0 radical (unpaired) electrons. The average Bonchev–Trinajstić information content (AvgIpc) is 3.03. The van der Waals surface area contributed by atoms with Crippen LogP contribution in [0.15, 0.2) is 18.2 Å². The largest absolute Gasteiger partial charge is 0.317 e. The molecule has 1 aromatic rings. The number of benzene rings is 1. The Morgan fingerprint density at radius 3 is 2.45 bits per heavy atom. The first-order chi connectivity index (χ1) is 10.6. The highest BCUT2D eigenvalue weighted by Gasteiger charge is 2.41. The Kier molecular flexibility index (Phi) is 4.67. The van der Waals surface area contributed by atoms with E-state index < -0.39 is 0 Å². The summed E-state index contributed by atoms with van der Waals surface area (Å²) in [6.45, 7) is 6.20. The molecule has 1 aliphatic heterocycles. The molecule has 0 unspecified atom stereocenters. The first kappa shape index (κ1) is 15.7. The molecule has 0 spiro atoms. The monoisotopic (exact) mass is 299 g/mol. The zero-order valence-electron chi connectivity index (χ0n) is 14.1. The van der Waals surface area contributed by atoms with E-state index in [4.69, 9.17) is 0 Å². The number of hydrogen-bond donors (Lipinski definition) is 1. The topological polar surface area (TPSA) is 29.1 Å². The van der Waals surface area contributed by atoms with E-state index in [9.17, 15) is 4.79 Å². The van der Waals surface area contributed by atoms with Gasteiger partial charge in [0.15, 0.2) is 5.78 Å². The molecule has 22 heavy (non-hydrogen) atoms. The van der Waals surface area contributed by atoms with Gasteiger partial charge >= 0.3 is 0 Å². The average molecular weight is 299 g/mol. The third kappa shape index (κ3) is 3.12. The first-order valence-electron chi connectivity index (χ1n) is 8.93. The normalized spacial score (nSPS) is 21.9. The van der Waals surface area contributed by atoms with E-state index >= 15 is 0 Å². The second kappa shape index (κ2) is 6.54. The standard InChI is InChI=1S/C20H29NO/c1-15-7-8-18(13-16(15)2)19(22)20(9-11-21-12-10-20)14-17-5-3-4-6-17/h7-8,13,17,21H,3-6,9-12,14H2,1-2H3. The van der Waals surface area contributed by atoms with Crippen LogP contribution in [0.4, 0.5) is 0 Å². The zero-order chi connectivity index (χ0) is 15.6. The molecule has 1 aromatic carbocycles. The van der Waals surface area contributed by atoms with E-state index in [0.717, 1.165) is 43.8 Å². The molecule has 1 N–H and O–H groups in total. The van der Waals surface area contributed by atoms with Crippen molar-refractivity contribution in [2.24, 2.45) is 11.3 Å². The van der Waals surface area contributed by atoms with Gasteiger partial charge in [-0.3, -0.25) is 4.79 Å². The summed E-state index contributed by atoms with van der Waals surface area (Å²) in [6, 6.07) is 6.26. The molecule has 1 saturated heterocycles. The molecule has 120 valence electrons. The Bertz CT molecular complexity index is 537. The number of ketones is 1. The smallest absolute Gasteiger partial charge is 0.169 e. The van der Waals surface area contributed by atoms with Gasteiger partial charge in [-0.2, -0.15) is 0 Å². The number of hydrogen-bond acceptors (Lipinski definition) is 2.